The Labute approximate surface area is 119 Å². The predicted octanol–water partition coefficient (Wildman–Crippen LogP) is 1.18. The number of anilines is 2. The minimum atomic E-state index is -4.52. The number of nitrogens with zero attached hydrogens (tertiary/aromatic N) is 1. The van der Waals surface area contributed by atoms with Gasteiger partial charge in [-0.05, 0) is 18.6 Å². The first-order chi connectivity index (χ1) is 9.74. The van der Waals surface area contributed by atoms with Crippen LogP contribution in [-0.2, 0) is 11.0 Å². The van der Waals surface area contributed by atoms with E-state index in [4.69, 9.17) is 5.73 Å². The second kappa shape index (κ2) is 7.11. The highest BCUT2D eigenvalue weighted by molar-refractivity contribution is 5.79. The minimum Gasteiger partial charge on any atom is -0.381 e. The average molecular weight is 306 g/mol. The molecular formula is C12H17F3N4O2. The number of amides is 1. The summed E-state index contributed by atoms with van der Waals surface area (Å²) in [7, 11) is 0. The number of aromatic nitrogens is 1. The molecule has 5 N–H and O–H groups in total. The SMILES string of the molecule is CCCNc1cc(C(F)(F)F)cc(NCC(O)C(N)=O)n1. The number of halogens is 3. The summed E-state index contributed by atoms with van der Waals surface area (Å²) in [6, 6.07) is 1.69. The number of alkyl halides is 3. The van der Waals surface area contributed by atoms with E-state index in [0.29, 0.717) is 6.54 Å². The van der Waals surface area contributed by atoms with Gasteiger partial charge in [0.15, 0.2) is 0 Å². The zero-order chi connectivity index (χ0) is 16.0. The molecule has 0 saturated carbocycles. The maximum absolute atomic E-state index is 12.8. The molecule has 1 rings (SSSR count). The molecule has 0 aliphatic heterocycles. The Balaban J connectivity index is 2.93. The van der Waals surface area contributed by atoms with Gasteiger partial charge in [-0.2, -0.15) is 13.2 Å². The highest BCUT2D eigenvalue weighted by atomic mass is 19.4. The van der Waals surface area contributed by atoms with Gasteiger partial charge in [-0.1, -0.05) is 6.92 Å². The molecule has 0 spiro atoms. The molecule has 0 bridgehead atoms. The monoisotopic (exact) mass is 306 g/mol. The lowest BCUT2D eigenvalue weighted by molar-refractivity contribution is -0.137. The summed E-state index contributed by atoms with van der Waals surface area (Å²) in [4.78, 5) is 14.6. The number of aliphatic hydroxyl groups is 1. The van der Waals surface area contributed by atoms with Gasteiger partial charge in [-0.25, -0.2) is 4.98 Å². The van der Waals surface area contributed by atoms with Crippen LogP contribution in [0.2, 0.25) is 0 Å². The van der Waals surface area contributed by atoms with E-state index in [0.717, 1.165) is 18.6 Å². The molecule has 0 aliphatic rings. The Kier molecular flexibility index (Phi) is 5.77. The molecule has 21 heavy (non-hydrogen) atoms. The first-order valence-electron chi connectivity index (χ1n) is 6.28. The van der Waals surface area contributed by atoms with E-state index in [1.807, 2.05) is 6.92 Å². The third kappa shape index (κ3) is 5.46. The van der Waals surface area contributed by atoms with Gasteiger partial charge in [0.05, 0.1) is 12.1 Å². The zero-order valence-electron chi connectivity index (χ0n) is 11.4. The van der Waals surface area contributed by atoms with Crippen molar-refractivity contribution in [2.24, 2.45) is 5.73 Å². The highest BCUT2D eigenvalue weighted by Crippen LogP contribution is 2.32. The van der Waals surface area contributed by atoms with E-state index in [2.05, 4.69) is 15.6 Å². The number of hydrogen-bond donors (Lipinski definition) is 4. The normalized spacial score (nSPS) is 12.8. The molecule has 118 valence electrons. The van der Waals surface area contributed by atoms with E-state index in [1.165, 1.54) is 0 Å². The van der Waals surface area contributed by atoms with E-state index >= 15 is 0 Å². The van der Waals surface area contributed by atoms with Crippen molar-refractivity contribution in [3.05, 3.63) is 17.7 Å². The van der Waals surface area contributed by atoms with Crippen LogP contribution in [0.5, 0.6) is 0 Å². The molecule has 0 aromatic carbocycles. The Morgan fingerprint density at radius 1 is 1.38 bits per heavy atom. The average Bonchev–Trinajstić information content (AvgIpc) is 2.41. The van der Waals surface area contributed by atoms with Gasteiger partial charge in [-0.15, -0.1) is 0 Å². The van der Waals surface area contributed by atoms with Crippen molar-refractivity contribution in [2.45, 2.75) is 25.6 Å². The molecule has 1 amide bonds. The van der Waals surface area contributed by atoms with Crippen molar-refractivity contribution in [3.63, 3.8) is 0 Å². The summed E-state index contributed by atoms with van der Waals surface area (Å²) in [5.74, 6) is -1.02. The number of nitrogens with one attached hydrogen (secondary N) is 2. The molecule has 0 aliphatic carbocycles. The van der Waals surface area contributed by atoms with Crippen LogP contribution in [-0.4, -0.2) is 35.2 Å². The Bertz CT molecular complexity index is 494. The van der Waals surface area contributed by atoms with Crippen molar-refractivity contribution in [2.75, 3.05) is 23.7 Å². The quantitative estimate of drug-likeness (QED) is 0.606. The van der Waals surface area contributed by atoms with Crippen LogP contribution in [0.15, 0.2) is 12.1 Å². The topological polar surface area (TPSA) is 100 Å². The van der Waals surface area contributed by atoms with Crippen molar-refractivity contribution in [1.29, 1.82) is 0 Å². The molecule has 1 heterocycles. The van der Waals surface area contributed by atoms with Crippen molar-refractivity contribution < 1.29 is 23.1 Å². The number of pyridine rings is 1. The van der Waals surface area contributed by atoms with Gasteiger partial charge < -0.3 is 21.5 Å². The van der Waals surface area contributed by atoms with E-state index in [1.54, 1.807) is 0 Å². The molecule has 1 aromatic heterocycles. The summed E-state index contributed by atoms with van der Waals surface area (Å²) in [6.07, 6.45) is -5.31. The number of hydrogen-bond acceptors (Lipinski definition) is 5. The minimum absolute atomic E-state index is 0.0581. The molecular weight excluding hydrogens is 289 g/mol. The Morgan fingerprint density at radius 2 is 1.95 bits per heavy atom. The van der Waals surface area contributed by atoms with Crippen LogP contribution in [0.25, 0.3) is 0 Å². The van der Waals surface area contributed by atoms with Gasteiger partial charge in [0.25, 0.3) is 0 Å². The summed E-state index contributed by atoms with van der Waals surface area (Å²) in [6.45, 7) is 2.01. The molecule has 0 radical (unpaired) electrons. The number of primary amides is 1. The molecule has 0 fully saturated rings. The first-order valence-corrected chi connectivity index (χ1v) is 6.28. The fourth-order valence-electron chi connectivity index (χ4n) is 1.43. The van der Waals surface area contributed by atoms with Crippen molar-refractivity contribution in [3.8, 4) is 0 Å². The molecule has 1 aromatic rings. The van der Waals surface area contributed by atoms with E-state index in [9.17, 15) is 23.1 Å². The highest BCUT2D eigenvalue weighted by Gasteiger charge is 2.31. The van der Waals surface area contributed by atoms with Crippen LogP contribution in [0, 0.1) is 0 Å². The molecule has 1 atom stereocenters. The lowest BCUT2D eigenvalue weighted by atomic mass is 10.2. The van der Waals surface area contributed by atoms with Crippen LogP contribution < -0.4 is 16.4 Å². The summed E-state index contributed by atoms with van der Waals surface area (Å²) >= 11 is 0. The van der Waals surface area contributed by atoms with Crippen molar-refractivity contribution >= 4 is 17.5 Å². The molecule has 6 nitrogen and oxygen atoms in total. The fraction of sp³-hybridized carbons (Fsp3) is 0.500. The number of aliphatic hydroxyl groups excluding tert-OH is 1. The predicted molar refractivity (Wildman–Crippen MR) is 71.7 cm³/mol. The summed E-state index contributed by atoms with van der Waals surface area (Å²) in [5, 5.41) is 14.4. The molecule has 9 heteroatoms. The maximum atomic E-state index is 12.8. The van der Waals surface area contributed by atoms with Gasteiger partial charge in [-0.3, -0.25) is 4.79 Å². The van der Waals surface area contributed by atoms with Gasteiger partial charge >= 0.3 is 6.18 Å². The Morgan fingerprint density at radius 3 is 2.43 bits per heavy atom. The first kappa shape index (κ1) is 17.0. The lowest BCUT2D eigenvalue weighted by Gasteiger charge is -2.14. The zero-order valence-corrected chi connectivity index (χ0v) is 11.4. The maximum Gasteiger partial charge on any atom is 0.416 e. The van der Waals surface area contributed by atoms with Gasteiger partial charge in [0.2, 0.25) is 5.91 Å². The second-order valence-corrected chi connectivity index (χ2v) is 4.35. The van der Waals surface area contributed by atoms with E-state index in [-0.39, 0.29) is 18.2 Å². The smallest absolute Gasteiger partial charge is 0.381 e. The van der Waals surface area contributed by atoms with Crippen molar-refractivity contribution in [1.82, 2.24) is 4.98 Å². The van der Waals surface area contributed by atoms with Gasteiger partial charge in [0, 0.05) is 6.54 Å². The van der Waals surface area contributed by atoms with Crippen LogP contribution >= 0.6 is 0 Å². The number of carbonyl (C=O) groups excluding carboxylic acids is 1. The Hall–Kier alpha value is -2.03. The fourth-order valence-corrected chi connectivity index (χ4v) is 1.43. The standard InChI is InChI=1S/C12H17F3N4O2/c1-2-3-17-9-4-7(12(13,14)15)5-10(19-9)18-6-8(20)11(16)21/h4-5,8,20H,2-3,6H2,1H3,(H2,16,21)(H2,17,18,19). The number of nitrogens with two attached hydrogens (primary N) is 1. The largest absolute Gasteiger partial charge is 0.416 e. The number of rotatable bonds is 7. The second-order valence-electron chi connectivity index (χ2n) is 4.35. The summed E-state index contributed by atoms with van der Waals surface area (Å²) in [5.41, 5.74) is 3.97. The molecule has 0 saturated heterocycles. The van der Waals surface area contributed by atoms with Crippen LogP contribution in [0.1, 0.15) is 18.9 Å². The van der Waals surface area contributed by atoms with Crippen LogP contribution in [0.3, 0.4) is 0 Å². The third-order valence-electron chi connectivity index (χ3n) is 2.51. The van der Waals surface area contributed by atoms with E-state index < -0.39 is 23.8 Å². The van der Waals surface area contributed by atoms with Gasteiger partial charge in [0.1, 0.15) is 17.7 Å². The lowest BCUT2D eigenvalue weighted by Crippen LogP contribution is -2.34. The number of carbonyl (C=O) groups is 1. The molecule has 1 unspecified atom stereocenters. The third-order valence-corrected chi connectivity index (χ3v) is 2.51. The summed E-state index contributed by atoms with van der Waals surface area (Å²) < 4.78 is 38.4. The van der Waals surface area contributed by atoms with Crippen LogP contribution in [0.4, 0.5) is 24.8 Å².